The lowest BCUT2D eigenvalue weighted by atomic mass is 9.98. The Bertz CT molecular complexity index is 1610. The smallest absolute Gasteiger partial charge is 0.459 e. The lowest BCUT2D eigenvalue weighted by Gasteiger charge is -2.25. The number of amides is 1. The third-order valence-corrected chi connectivity index (χ3v) is 9.03. The van der Waals surface area contributed by atoms with E-state index in [2.05, 4.69) is 20.0 Å². The number of aliphatic hydroxyl groups excluding tert-OH is 1. The van der Waals surface area contributed by atoms with E-state index in [0.29, 0.717) is 6.42 Å². The van der Waals surface area contributed by atoms with Gasteiger partial charge in [-0.15, -0.1) is 0 Å². The van der Waals surface area contributed by atoms with Gasteiger partial charge in [0.1, 0.15) is 24.0 Å². The summed E-state index contributed by atoms with van der Waals surface area (Å²) in [6.07, 6.45) is -2.06. The fourth-order valence-electron chi connectivity index (χ4n) is 4.87. The normalized spacial score (nSPS) is 22.7. The Kier molecular flexibility index (Phi) is 12.0. The molecule has 0 aliphatic carbocycles. The van der Waals surface area contributed by atoms with Crippen molar-refractivity contribution in [1.82, 2.24) is 24.6 Å². The van der Waals surface area contributed by atoms with Crippen LogP contribution in [0.4, 0.5) is 21.0 Å². The van der Waals surface area contributed by atoms with Crippen molar-refractivity contribution in [2.24, 2.45) is 0 Å². The van der Waals surface area contributed by atoms with Gasteiger partial charge in [-0.05, 0) is 46.2 Å². The van der Waals surface area contributed by atoms with Crippen LogP contribution in [0.3, 0.4) is 0 Å². The van der Waals surface area contributed by atoms with Crippen molar-refractivity contribution >= 4 is 42.7 Å². The number of anilines is 2. The number of imidazole rings is 1. The van der Waals surface area contributed by atoms with Crippen LogP contribution >= 0.6 is 7.75 Å². The Hall–Kier alpha value is -3.89. The van der Waals surface area contributed by atoms with Gasteiger partial charge in [0.15, 0.2) is 28.9 Å². The van der Waals surface area contributed by atoms with E-state index in [1.54, 1.807) is 32.0 Å². The molecule has 0 saturated carbocycles. The molecule has 1 aliphatic rings. The van der Waals surface area contributed by atoms with Gasteiger partial charge in [0.05, 0.1) is 25.6 Å². The van der Waals surface area contributed by atoms with E-state index < -0.39 is 62.7 Å². The highest BCUT2D eigenvalue weighted by molar-refractivity contribution is 7.52. The van der Waals surface area contributed by atoms with E-state index in [1.807, 2.05) is 6.92 Å². The molecule has 264 valence electrons. The number of carbonyl (C=O) groups is 2. The molecular formula is C30H43FN7O9P. The maximum atomic E-state index is 16.3. The number of fused-ring (bicyclic) bond motifs is 1. The van der Waals surface area contributed by atoms with Gasteiger partial charge < -0.3 is 29.6 Å². The molecule has 1 amide bonds. The average Bonchev–Trinajstić information content (AvgIpc) is 3.54. The number of nitrogen functional groups attached to an aromatic ring is 1. The average molecular weight is 696 g/mol. The Morgan fingerprint density at radius 1 is 1.23 bits per heavy atom. The Balaban J connectivity index is 1.56. The first-order valence-electron chi connectivity index (χ1n) is 15.6. The highest BCUT2D eigenvalue weighted by Crippen LogP contribution is 2.48. The molecule has 18 heteroatoms. The number of nitrogens with zero attached hydrogens (tertiary/aromatic N) is 5. The number of aliphatic hydroxyl groups is 1. The second-order valence-electron chi connectivity index (χ2n) is 11.8. The van der Waals surface area contributed by atoms with Crippen molar-refractivity contribution in [1.29, 1.82) is 0 Å². The van der Waals surface area contributed by atoms with Crippen molar-refractivity contribution < 1.29 is 46.9 Å². The predicted octanol–water partition coefficient (Wildman–Crippen LogP) is 4.29. The zero-order chi connectivity index (χ0) is 35.2. The highest BCUT2D eigenvalue weighted by atomic mass is 31.2. The van der Waals surface area contributed by atoms with Gasteiger partial charge in [0, 0.05) is 7.05 Å². The van der Waals surface area contributed by atoms with Crippen LogP contribution in [0.15, 0.2) is 36.7 Å². The standard InChI is InChI=1S/C30H43FN7O9P/c1-7-8-12-15-43-29(41)37(6)24-22-25(35-28(32)34-24)38(17-33-22)27-30(5,31)23(39)21(46-27)16-44-48(42,47-20-13-10-9-11-14-20)36-19(4)26(40)45-18(2)3/h9-11,13-14,17-19,21,23,27,39H,7-8,12,15-16H2,1-6H3,(H,36,42)(H2,32,34,35)/t19-,21+,23+,27+,30+,48?/m0/s1. The van der Waals surface area contributed by atoms with Crippen LogP contribution in [0.25, 0.3) is 11.2 Å². The molecule has 1 aliphatic heterocycles. The number of unbranched alkanes of at least 4 members (excludes halogenated alkanes) is 2. The second-order valence-corrected chi connectivity index (χ2v) is 13.5. The minimum Gasteiger partial charge on any atom is -0.462 e. The summed E-state index contributed by atoms with van der Waals surface area (Å²) in [5.41, 5.74) is 3.62. The minimum absolute atomic E-state index is 0.0167. The van der Waals surface area contributed by atoms with Crippen molar-refractivity contribution in [3.63, 3.8) is 0 Å². The number of rotatable bonds is 15. The molecule has 1 fully saturated rings. The molecule has 1 saturated heterocycles. The van der Waals surface area contributed by atoms with E-state index in [9.17, 15) is 19.3 Å². The minimum atomic E-state index is -4.35. The monoisotopic (exact) mass is 695 g/mol. The van der Waals surface area contributed by atoms with E-state index in [1.165, 1.54) is 37.0 Å². The molecular weight excluding hydrogens is 652 g/mol. The molecule has 3 heterocycles. The summed E-state index contributed by atoms with van der Waals surface area (Å²) in [7, 11) is -2.92. The van der Waals surface area contributed by atoms with E-state index in [0.717, 1.165) is 24.7 Å². The summed E-state index contributed by atoms with van der Waals surface area (Å²) < 4.78 is 59.1. The summed E-state index contributed by atoms with van der Waals surface area (Å²) in [5, 5.41) is 13.6. The maximum Gasteiger partial charge on any atom is 0.459 e. The number of nitrogens with two attached hydrogens (primary N) is 1. The van der Waals surface area contributed by atoms with Gasteiger partial charge in [-0.2, -0.15) is 15.1 Å². The number of ether oxygens (including phenoxy) is 3. The van der Waals surface area contributed by atoms with Crippen LogP contribution in [0.1, 0.15) is 60.1 Å². The molecule has 4 N–H and O–H groups in total. The zero-order valence-electron chi connectivity index (χ0n) is 27.7. The number of halogens is 1. The number of nitrogens with one attached hydrogen (secondary N) is 1. The molecule has 4 rings (SSSR count). The molecule has 6 atom stereocenters. The van der Waals surface area contributed by atoms with Crippen molar-refractivity contribution in [2.75, 3.05) is 30.9 Å². The van der Waals surface area contributed by atoms with E-state index >= 15 is 4.39 Å². The number of esters is 1. The molecule has 1 aromatic carbocycles. The highest BCUT2D eigenvalue weighted by Gasteiger charge is 2.56. The Morgan fingerprint density at radius 3 is 2.60 bits per heavy atom. The first-order chi connectivity index (χ1) is 22.7. The third kappa shape index (κ3) is 8.57. The van der Waals surface area contributed by atoms with Crippen LogP contribution in [-0.2, 0) is 28.1 Å². The van der Waals surface area contributed by atoms with Crippen molar-refractivity contribution in [3.8, 4) is 5.75 Å². The summed E-state index contributed by atoms with van der Waals surface area (Å²) in [6.45, 7) is 7.48. The summed E-state index contributed by atoms with van der Waals surface area (Å²) in [6, 6.07) is 6.94. The van der Waals surface area contributed by atoms with Gasteiger partial charge in [0.2, 0.25) is 5.95 Å². The molecule has 0 spiro atoms. The quantitative estimate of drug-likeness (QED) is 0.115. The number of hydrogen-bond donors (Lipinski definition) is 3. The molecule has 16 nitrogen and oxygen atoms in total. The lowest BCUT2D eigenvalue weighted by molar-refractivity contribution is -0.149. The van der Waals surface area contributed by atoms with Crippen LogP contribution in [0, 0.1) is 0 Å². The molecule has 48 heavy (non-hydrogen) atoms. The molecule has 2 aromatic heterocycles. The van der Waals surface area contributed by atoms with Crippen LogP contribution in [0.2, 0.25) is 0 Å². The SMILES string of the molecule is CCCCCOC(=O)N(C)c1nc(N)nc2c1ncn2[C@@H]1O[C@H](COP(=O)(N[C@@H](C)C(=O)OC(C)C)Oc2ccccc2)[C@@H](O)[C@@]1(C)F. The number of alkyl halides is 1. The van der Waals surface area contributed by atoms with Crippen molar-refractivity contribution in [2.45, 2.75) is 90.1 Å². The van der Waals surface area contributed by atoms with Gasteiger partial charge in [0.25, 0.3) is 0 Å². The Labute approximate surface area is 277 Å². The maximum absolute atomic E-state index is 16.3. The van der Waals surface area contributed by atoms with Gasteiger partial charge in [-0.1, -0.05) is 38.0 Å². The van der Waals surface area contributed by atoms with E-state index in [-0.39, 0.29) is 35.3 Å². The van der Waals surface area contributed by atoms with Crippen LogP contribution in [0.5, 0.6) is 5.75 Å². The first-order valence-corrected chi connectivity index (χ1v) is 17.1. The third-order valence-electron chi connectivity index (χ3n) is 7.39. The molecule has 1 unspecified atom stereocenters. The van der Waals surface area contributed by atoms with Crippen molar-refractivity contribution in [3.05, 3.63) is 36.7 Å². The summed E-state index contributed by atoms with van der Waals surface area (Å²) in [5.74, 6) is -0.765. The molecule has 3 aromatic rings. The van der Waals surface area contributed by atoms with Crippen LogP contribution in [-0.4, -0.2) is 87.0 Å². The number of aromatic nitrogens is 4. The topological polar surface area (TPSA) is 202 Å². The largest absolute Gasteiger partial charge is 0.462 e. The van der Waals surface area contributed by atoms with Gasteiger partial charge in [-0.3, -0.25) is 18.8 Å². The number of carbonyl (C=O) groups excluding carboxylic acids is 2. The molecule has 0 bridgehead atoms. The van der Waals surface area contributed by atoms with Gasteiger partial charge >= 0.3 is 19.8 Å². The second kappa shape index (κ2) is 15.6. The Morgan fingerprint density at radius 2 is 1.94 bits per heavy atom. The van der Waals surface area contributed by atoms with E-state index in [4.69, 9.17) is 29.0 Å². The lowest BCUT2D eigenvalue weighted by Crippen LogP contribution is -2.41. The fraction of sp³-hybridized carbons (Fsp3) is 0.567. The van der Waals surface area contributed by atoms with Gasteiger partial charge in [-0.25, -0.2) is 18.7 Å². The number of para-hydroxylation sites is 1. The summed E-state index contributed by atoms with van der Waals surface area (Å²) in [4.78, 5) is 38.9. The first kappa shape index (κ1) is 36.9. The fourth-order valence-corrected chi connectivity index (χ4v) is 6.38. The van der Waals surface area contributed by atoms with Crippen LogP contribution < -0.4 is 20.2 Å². The number of hydrogen-bond acceptors (Lipinski definition) is 13. The predicted molar refractivity (Wildman–Crippen MR) is 173 cm³/mol. The zero-order valence-corrected chi connectivity index (χ0v) is 28.6. The number of benzene rings is 1. The molecule has 0 radical (unpaired) electrons. The summed E-state index contributed by atoms with van der Waals surface area (Å²) >= 11 is 0.